The van der Waals surface area contributed by atoms with Gasteiger partial charge in [-0.25, -0.2) is 18.5 Å². The van der Waals surface area contributed by atoms with E-state index in [4.69, 9.17) is 16.3 Å². The van der Waals surface area contributed by atoms with Gasteiger partial charge in [-0.2, -0.15) is 0 Å². The summed E-state index contributed by atoms with van der Waals surface area (Å²) in [5.74, 6) is -3.78. The van der Waals surface area contributed by atoms with Crippen LogP contribution < -0.4 is 9.64 Å². The molecule has 0 saturated carbocycles. The highest BCUT2D eigenvalue weighted by molar-refractivity contribution is 7.12. The quantitative estimate of drug-likeness (QED) is 0.555. The molecule has 4 rings (SSSR count). The van der Waals surface area contributed by atoms with Crippen LogP contribution in [-0.2, 0) is 17.8 Å². The lowest BCUT2D eigenvalue weighted by Crippen LogP contribution is -2.42. The van der Waals surface area contributed by atoms with Crippen molar-refractivity contribution in [3.8, 4) is 5.75 Å². The van der Waals surface area contributed by atoms with Gasteiger partial charge in [0.05, 0.1) is 22.7 Å². The Morgan fingerprint density at radius 1 is 1.19 bits per heavy atom. The zero-order chi connectivity index (χ0) is 22.3. The molecule has 6 nitrogen and oxygen atoms in total. The molecule has 1 N–H and O–H groups in total. The van der Waals surface area contributed by atoms with Crippen LogP contribution in [0.5, 0.6) is 5.75 Å². The fourth-order valence-corrected chi connectivity index (χ4v) is 4.30. The molecule has 0 bridgehead atoms. The number of halogens is 3. The van der Waals surface area contributed by atoms with Crippen molar-refractivity contribution in [2.75, 3.05) is 4.90 Å². The number of ether oxygens (including phenoxy) is 1. The minimum Gasteiger partial charge on any atom is -0.489 e. The molecule has 158 valence electrons. The van der Waals surface area contributed by atoms with E-state index in [-0.39, 0.29) is 45.5 Å². The van der Waals surface area contributed by atoms with Crippen LogP contribution in [0.25, 0.3) is 0 Å². The number of nitrogens with zero attached hydrogens (tertiary/aromatic N) is 1. The summed E-state index contributed by atoms with van der Waals surface area (Å²) in [6.07, 6.45) is -0.166. The molecule has 0 fully saturated rings. The van der Waals surface area contributed by atoms with Crippen LogP contribution in [0.15, 0.2) is 41.8 Å². The lowest BCUT2D eigenvalue weighted by Gasteiger charge is -2.26. The third-order valence-corrected chi connectivity index (χ3v) is 5.97. The predicted molar refractivity (Wildman–Crippen MR) is 109 cm³/mol. The number of carboxylic acid groups (broad SMARTS) is 1. The molecule has 0 spiro atoms. The summed E-state index contributed by atoms with van der Waals surface area (Å²) < 4.78 is 32.6. The van der Waals surface area contributed by atoms with Gasteiger partial charge in [0.1, 0.15) is 28.9 Å². The van der Waals surface area contributed by atoms with Gasteiger partial charge in [0.15, 0.2) is 0 Å². The maximum Gasteiger partial charge on any atom is 0.346 e. The first-order valence-electron chi connectivity index (χ1n) is 8.83. The van der Waals surface area contributed by atoms with Crippen molar-refractivity contribution in [1.29, 1.82) is 0 Å². The average molecular weight is 464 g/mol. The summed E-state index contributed by atoms with van der Waals surface area (Å²) in [7, 11) is 0. The van der Waals surface area contributed by atoms with Crippen LogP contribution in [0.4, 0.5) is 14.5 Å². The zero-order valence-electron chi connectivity index (χ0n) is 15.5. The Bertz CT molecular complexity index is 1240. The number of carbonyl (C=O) groups is 3. The molecule has 0 unspecified atom stereocenters. The van der Waals surface area contributed by atoms with Crippen LogP contribution in [0, 0.1) is 11.6 Å². The van der Waals surface area contributed by atoms with Gasteiger partial charge >= 0.3 is 5.97 Å². The third-order valence-electron chi connectivity index (χ3n) is 4.63. The first-order chi connectivity index (χ1) is 14.8. The van der Waals surface area contributed by atoms with E-state index in [1.807, 2.05) is 0 Å². The number of amides is 2. The van der Waals surface area contributed by atoms with E-state index in [0.29, 0.717) is 5.56 Å². The normalized spacial score (nSPS) is 13.3. The van der Waals surface area contributed by atoms with E-state index in [2.05, 4.69) is 0 Å². The molecule has 10 heteroatoms. The third kappa shape index (κ3) is 3.89. The van der Waals surface area contributed by atoms with E-state index in [1.165, 1.54) is 23.6 Å². The largest absolute Gasteiger partial charge is 0.489 e. The highest BCUT2D eigenvalue weighted by atomic mass is 35.5. The number of rotatable bonds is 5. The Balaban J connectivity index is 1.66. The Morgan fingerprint density at radius 3 is 2.71 bits per heavy atom. The molecule has 0 atom stereocenters. The minimum atomic E-state index is -1.27. The van der Waals surface area contributed by atoms with E-state index < -0.39 is 29.4 Å². The second-order valence-electron chi connectivity index (χ2n) is 6.62. The van der Waals surface area contributed by atoms with Gasteiger partial charge in [-0.15, -0.1) is 11.3 Å². The molecule has 31 heavy (non-hydrogen) atoms. The zero-order valence-corrected chi connectivity index (χ0v) is 17.1. The van der Waals surface area contributed by atoms with Crippen molar-refractivity contribution < 1.29 is 33.0 Å². The fourth-order valence-electron chi connectivity index (χ4n) is 3.20. The van der Waals surface area contributed by atoms with Crippen LogP contribution in [0.1, 0.15) is 31.2 Å². The summed E-state index contributed by atoms with van der Waals surface area (Å²) in [6.45, 7) is -0.301. The fraction of sp³-hybridized carbons (Fsp3) is 0.0952. The Morgan fingerprint density at radius 2 is 1.97 bits per heavy atom. The second kappa shape index (κ2) is 8.09. The molecule has 1 aromatic heterocycles. The van der Waals surface area contributed by atoms with Gasteiger partial charge in [0.2, 0.25) is 5.91 Å². The van der Waals surface area contributed by atoms with Crippen LogP contribution in [0.3, 0.4) is 0 Å². The number of anilines is 1. The van der Waals surface area contributed by atoms with Gasteiger partial charge in [-0.1, -0.05) is 11.6 Å². The van der Waals surface area contributed by atoms with Gasteiger partial charge in [0.25, 0.3) is 5.91 Å². The average Bonchev–Trinajstić information content (AvgIpc) is 3.15. The maximum absolute atomic E-state index is 13.8. The van der Waals surface area contributed by atoms with Crippen molar-refractivity contribution in [1.82, 2.24) is 0 Å². The van der Waals surface area contributed by atoms with Gasteiger partial charge in [-0.05, 0) is 41.3 Å². The number of hydrogen-bond acceptors (Lipinski definition) is 5. The number of thiophene rings is 1. The summed E-state index contributed by atoms with van der Waals surface area (Å²) in [4.78, 5) is 37.7. The lowest BCUT2D eigenvalue weighted by atomic mass is 10.0. The number of carbonyl (C=O) groups excluding carboxylic acids is 2. The first kappa shape index (κ1) is 21.0. The van der Waals surface area contributed by atoms with Crippen molar-refractivity contribution in [2.24, 2.45) is 0 Å². The Labute approximate surface area is 183 Å². The number of hydrogen-bond donors (Lipinski definition) is 1. The molecule has 2 heterocycles. The van der Waals surface area contributed by atoms with E-state index >= 15 is 0 Å². The van der Waals surface area contributed by atoms with Gasteiger partial charge in [-0.3, -0.25) is 9.59 Å². The Kier molecular flexibility index (Phi) is 5.47. The maximum atomic E-state index is 13.8. The standard InChI is InChI=1S/C21H12ClF2NO5S/c22-14-3-2-13(30-8-10-5-12(23)1-4-15(10)24)7-16(14)25-17(26)6-11-9-31-19(21(28)29)18(11)20(25)27/h1-5,7,9H,6,8H2,(H,28,29). The van der Waals surface area contributed by atoms with E-state index in [9.17, 15) is 28.3 Å². The number of aromatic carboxylic acids is 1. The summed E-state index contributed by atoms with van der Waals surface area (Å²) in [6, 6.07) is 7.10. The molecular weight excluding hydrogens is 452 g/mol. The molecule has 0 aliphatic carbocycles. The summed E-state index contributed by atoms with van der Waals surface area (Å²) in [5, 5.41) is 10.9. The van der Waals surface area contributed by atoms with Crippen molar-refractivity contribution in [3.63, 3.8) is 0 Å². The first-order valence-corrected chi connectivity index (χ1v) is 10.1. The molecule has 3 aromatic rings. The van der Waals surface area contributed by atoms with Crippen molar-refractivity contribution >= 4 is 46.4 Å². The van der Waals surface area contributed by atoms with E-state index in [0.717, 1.165) is 34.4 Å². The number of imide groups is 1. The van der Waals surface area contributed by atoms with Crippen molar-refractivity contribution in [2.45, 2.75) is 13.0 Å². The molecule has 1 aliphatic heterocycles. The molecule has 2 amide bonds. The SMILES string of the molecule is O=C(O)c1scc2c1C(=O)N(c1cc(OCc3cc(F)ccc3F)ccc1Cl)C(=O)C2. The summed E-state index contributed by atoms with van der Waals surface area (Å²) >= 11 is 7.07. The van der Waals surface area contributed by atoms with Gasteiger partial charge in [0, 0.05) is 11.6 Å². The number of carboxylic acids is 1. The predicted octanol–water partition coefficient (Wildman–Crippen LogP) is 4.69. The smallest absolute Gasteiger partial charge is 0.346 e. The number of fused-ring (bicyclic) bond motifs is 1. The number of benzene rings is 2. The lowest BCUT2D eigenvalue weighted by molar-refractivity contribution is -0.117. The Hall–Kier alpha value is -3.30. The van der Waals surface area contributed by atoms with Crippen LogP contribution in [-0.4, -0.2) is 22.9 Å². The van der Waals surface area contributed by atoms with Crippen LogP contribution >= 0.6 is 22.9 Å². The monoisotopic (exact) mass is 463 g/mol. The highest BCUT2D eigenvalue weighted by Crippen LogP contribution is 2.36. The highest BCUT2D eigenvalue weighted by Gasteiger charge is 2.37. The summed E-state index contributed by atoms with van der Waals surface area (Å²) in [5.41, 5.74) is 0.276. The second-order valence-corrected chi connectivity index (χ2v) is 7.91. The minimum absolute atomic E-state index is 0.00192. The van der Waals surface area contributed by atoms with Crippen molar-refractivity contribution in [3.05, 3.63) is 80.0 Å². The molecule has 1 aliphatic rings. The van der Waals surface area contributed by atoms with E-state index in [1.54, 1.807) is 0 Å². The van der Waals surface area contributed by atoms with Crippen LogP contribution in [0.2, 0.25) is 5.02 Å². The molecular formula is C21H12ClF2NO5S. The van der Waals surface area contributed by atoms with Gasteiger partial charge < -0.3 is 9.84 Å². The topological polar surface area (TPSA) is 83.9 Å². The molecule has 0 saturated heterocycles. The molecule has 0 radical (unpaired) electrons. The molecule has 2 aromatic carbocycles.